The van der Waals surface area contributed by atoms with Crippen molar-refractivity contribution in [2.24, 2.45) is 0 Å². The highest BCUT2D eigenvalue weighted by atomic mass is 79.9. The van der Waals surface area contributed by atoms with Crippen molar-refractivity contribution < 1.29 is 4.79 Å². The molecular formula is C13H17BrN2O. The van der Waals surface area contributed by atoms with E-state index < -0.39 is 0 Å². The Kier molecular flexibility index (Phi) is 4.57. The van der Waals surface area contributed by atoms with E-state index in [0.29, 0.717) is 11.4 Å². The quantitative estimate of drug-likeness (QED) is 0.859. The largest absolute Gasteiger partial charge is 0.351 e. The van der Waals surface area contributed by atoms with E-state index in [0.717, 1.165) is 26.1 Å². The minimum absolute atomic E-state index is 0.0801. The minimum Gasteiger partial charge on any atom is -0.351 e. The summed E-state index contributed by atoms with van der Waals surface area (Å²) in [5.74, 6) is 0.0801. The molecule has 1 aromatic carbocycles. The highest BCUT2D eigenvalue weighted by Crippen LogP contribution is 2.13. The van der Waals surface area contributed by atoms with Crippen molar-refractivity contribution in [2.75, 3.05) is 18.4 Å². The number of benzene rings is 1. The van der Waals surface area contributed by atoms with Gasteiger partial charge in [0.1, 0.15) is 0 Å². The van der Waals surface area contributed by atoms with Crippen LogP contribution in [0.25, 0.3) is 0 Å². The van der Waals surface area contributed by atoms with Gasteiger partial charge in [-0.2, -0.15) is 0 Å². The number of nitrogens with zero attached hydrogens (tertiary/aromatic N) is 1. The second kappa shape index (κ2) is 6.17. The standard InChI is InChI=1S/C13H17BrN2O/c14-8-13(17)15-12-6-7-16(10-12)9-11-4-2-1-3-5-11/h1-5,12H,6-10H2,(H,15,17)/t12-/m1/s1. The van der Waals surface area contributed by atoms with Crippen LogP contribution < -0.4 is 5.32 Å². The SMILES string of the molecule is O=C(CBr)N[C@@H]1CCN(Cc2ccccc2)C1. The topological polar surface area (TPSA) is 32.3 Å². The summed E-state index contributed by atoms with van der Waals surface area (Å²) < 4.78 is 0. The van der Waals surface area contributed by atoms with Gasteiger partial charge < -0.3 is 5.32 Å². The smallest absolute Gasteiger partial charge is 0.230 e. The van der Waals surface area contributed by atoms with Crippen molar-refractivity contribution in [1.82, 2.24) is 10.2 Å². The molecule has 17 heavy (non-hydrogen) atoms. The van der Waals surface area contributed by atoms with Crippen LogP contribution in [0, 0.1) is 0 Å². The molecule has 1 aromatic rings. The highest BCUT2D eigenvalue weighted by Gasteiger charge is 2.23. The second-order valence-corrected chi connectivity index (χ2v) is 4.97. The lowest BCUT2D eigenvalue weighted by atomic mass is 10.2. The number of nitrogens with one attached hydrogen (secondary N) is 1. The number of amides is 1. The predicted molar refractivity (Wildman–Crippen MR) is 72.1 cm³/mol. The first-order valence-corrected chi connectivity index (χ1v) is 7.01. The maximum Gasteiger partial charge on any atom is 0.230 e. The third kappa shape index (κ3) is 3.82. The van der Waals surface area contributed by atoms with Gasteiger partial charge in [-0.15, -0.1) is 0 Å². The van der Waals surface area contributed by atoms with Gasteiger partial charge in [-0.3, -0.25) is 9.69 Å². The van der Waals surface area contributed by atoms with Gasteiger partial charge in [-0.25, -0.2) is 0 Å². The summed E-state index contributed by atoms with van der Waals surface area (Å²) in [7, 11) is 0. The third-order valence-electron chi connectivity index (χ3n) is 3.01. The van der Waals surface area contributed by atoms with E-state index in [1.54, 1.807) is 0 Å². The van der Waals surface area contributed by atoms with E-state index in [2.05, 4.69) is 50.4 Å². The predicted octanol–water partition coefficient (Wildman–Crippen LogP) is 1.77. The summed E-state index contributed by atoms with van der Waals surface area (Å²) in [5, 5.41) is 3.41. The van der Waals surface area contributed by atoms with Crippen LogP contribution in [0.15, 0.2) is 30.3 Å². The molecular weight excluding hydrogens is 280 g/mol. The number of alkyl halides is 1. The Morgan fingerprint density at radius 1 is 1.41 bits per heavy atom. The summed E-state index contributed by atoms with van der Waals surface area (Å²) in [6.07, 6.45) is 1.05. The van der Waals surface area contributed by atoms with Crippen LogP contribution in [0.2, 0.25) is 0 Å². The van der Waals surface area contributed by atoms with E-state index in [1.807, 2.05) is 6.07 Å². The highest BCUT2D eigenvalue weighted by molar-refractivity contribution is 9.09. The number of hydrogen-bond donors (Lipinski definition) is 1. The van der Waals surface area contributed by atoms with Gasteiger partial charge in [-0.05, 0) is 12.0 Å². The molecule has 0 bridgehead atoms. The van der Waals surface area contributed by atoms with Crippen LogP contribution in [0.5, 0.6) is 0 Å². The van der Waals surface area contributed by atoms with Crippen LogP contribution in [0.3, 0.4) is 0 Å². The number of carbonyl (C=O) groups excluding carboxylic acids is 1. The molecule has 0 spiro atoms. The molecule has 0 aliphatic carbocycles. The summed E-state index contributed by atoms with van der Waals surface area (Å²) in [5.41, 5.74) is 1.33. The maximum atomic E-state index is 11.3. The zero-order chi connectivity index (χ0) is 12.1. The van der Waals surface area contributed by atoms with Crippen molar-refractivity contribution >= 4 is 21.8 Å². The van der Waals surface area contributed by atoms with Crippen LogP contribution >= 0.6 is 15.9 Å². The molecule has 1 aliphatic heterocycles. The van der Waals surface area contributed by atoms with E-state index in [1.165, 1.54) is 5.56 Å². The van der Waals surface area contributed by atoms with Gasteiger partial charge in [0.15, 0.2) is 0 Å². The molecule has 1 atom stereocenters. The van der Waals surface area contributed by atoms with Crippen molar-refractivity contribution in [3.8, 4) is 0 Å². The lowest BCUT2D eigenvalue weighted by Crippen LogP contribution is -2.37. The zero-order valence-corrected chi connectivity index (χ0v) is 11.3. The fraction of sp³-hybridized carbons (Fsp3) is 0.462. The number of likely N-dealkylation sites (tertiary alicyclic amines) is 1. The molecule has 3 nitrogen and oxygen atoms in total. The molecule has 1 saturated heterocycles. The molecule has 1 heterocycles. The summed E-state index contributed by atoms with van der Waals surface area (Å²) in [6, 6.07) is 10.8. The molecule has 0 radical (unpaired) electrons. The van der Waals surface area contributed by atoms with E-state index >= 15 is 0 Å². The van der Waals surface area contributed by atoms with E-state index in [9.17, 15) is 4.79 Å². The first-order valence-electron chi connectivity index (χ1n) is 5.89. The fourth-order valence-corrected chi connectivity index (χ4v) is 2.36. The molecule has 1 N–H and O–H groups in total. The molecule has 1 amide bonds. The Labute approximate surface area is 110 Å². The van der Waals surface area contributed by atoms with Crippen molar-refractivity contribution in [3.05, 3.63) is 35.9 Å². The average Bonchev–Trinajstić information content (AvgIpc) is 2.77. The Hall–Kier alpha value is -0.870. The lowest BCUT2D eigenvalue weighted by Gasteiger charge is -2.16. The maximum absolute atomic E-state index is 11.3. The van der Waals surface area contributed by atoms with E-state index in [-0.39, 0.29) is 5.91 Å². The first kappa shape index (κ1) is 12.6. The van der Waals surface area contributed by atoms with Crippen LogP contribution in [-0.4, -0.2) is 35.3 Å². The van der Waals surface area contributed by atoms with Gasteiger partial charge in [0.05, 0.1) is 5.33 Å². The number of halogens is 1. The number of hydrogen-bond acceptors (Lipinski definition) is 2. The van der Waals surface area contributed by atoms with Crippen molar-refractivity contribution in [3.63, 3.8) is 0 Å². The van der Waals surface area contributed by atoms with Gasteiger partial charge >= 0.3 is 0 Å². The molecule has 0 saturated carbocycles. The fourth-order valence-electron chi connectivity index (χ4n) is 2.20. The summed E-state index contributed by atoms with van der Waals surface area (Å²) in [6.45, 7) is 2.98. The molecule has 0 aromatic heterocycles. The third-order valence-corrected chi connectivity index (χ3v) is 3.52. The molecule has 2 rings (SSSR count). The van der Waals surface area contributed by atoms with Crippen LogP contribution in [-0.2, 0) is 11.3 Å². The molecule has 4 heteroatoms. The Morgan fingerprint density at radius 2 is 2.18 bits per heavy atom. The average molecular weight is 297 g/mol. The van der Waals surface area contributed by atoms with Crippen LogP contribution in [0.1, 0.15) is 12.0 Å². The Morgan fingerprint density at radius 3 is 2.88 bits per heavy atom. The van der Waals surface area contributed by atoms with Crippen LogP contribution in [0.4, 0.5) is 0 Å². The van der Waals surface area contributed by atoms with Gasteiger partial charge in [0.25, 0.3) is 0 Å². The normalized spacial score (nSPS) is 20.4. The second-order valence-electron chi connectivity index (χ2n) is 4.41. The minimum atomic E-state index is 0.0801. The van der Waals surface area contributed by atoms with Gasteiger partial charge in [0, 0.05) is 25.7 Å². The van der Waals surface area contributed by atoms with Gasteiger partial charge in [0.2, 0.25) is 5.91 Å². The molecule has 1 fully saturated rings. The van der Waals surface area contributed by atoms with Gasteiger partial charge in [-0.1, -0.05) is 46.3 Å². The van der Waals surface area contributed by atoms with E-state index in [4.69, 9.17) is 0 Å². The molecule has 1 aliphatic rings. The molecule has 0 unspecified atom stereocenters. The Bertz CT molecular complexity index is 369. The number of rotatable bonds is 4. The molecule has 92 valence electrons. The number of carbonyl (C=O) groups is 1. The summed E-state index contributed by atoms with van der Waals surface area (Å²) in [4.78, 5) is 13.6. The van der Waals surface area contributed by atoms with Crippen molar-refractivity contribution in [1.29, 1.82) is 0 Å². The lowest BCUT2D eigenvalue weighted by molar-refractivity contribution is -0.119. The first-order chi connectivity index (χ1) is 8.28. The summed E-state index contributed by atoms with van der Waals surface area (Å²) >= 11 is 3.17. The Balaban J connectivity index is 1.80. The zero-order valence-electron chi connectivity index (χ0n) is 9.73. The van der Waals surface area contributed by atoms with Crippen molar-refractivity contribution in [2.45, 2.75) is 19.0 Å². The monoisotopic (exact) mass is 296 g/mol.